The molecule has 0 fully saturated rings. The molecule has 0 saturated carbocycles. The minimum Gasteiger partial charge on any atom is -0.598 e. The lowest BCUT2D eigenvalue weighted by molar-refractivity contribution is 0.0758. The highest BCUT2D eigenvalue weighted by molar-refractivity contribution is 7.92. The van der Waals surface area contributed by atoms with Gasteiger partial charge in [-0.3, -0.25) is 0 Å². The van der Waals surface area contributed by atoms with Gasteiger partial charge in [0, 0.05) is 11.4 Å². The molecule has 0 saturated heterocycles. The predicted octanol–water partition coefficient (Wildman–Crippen LogP) is 2.87. The molecule has 2 rings (SSSR count). The van der Waals surface area contributed by atoms with E-state index in [0.717, 1.165) is 0 Å². The van der Waals surface area contributed by atoms with E-state index in [0.29, 0.717) is 12.8 Å². The van der Waals surface area contributed by atoms with Crippen LogP contribution in [0.25, 0.3) is 0 Å². The average molecular weight is 390 g/mol. The number of hydrogen-bond donors (Lipinski definition) is 1. The molecule has 0 aliphatic carbocycles. The molecule has 1 aliphatic heterocycles. The van der Waals surface area contributed by atoms with Gasteiger partial charge >= 0.3 is 0 Å². The molecule has 25 heavy (non-hydrogen) atoms. The first kappa shape index (κ1) is 20.2. The van der Waals surface area contributed by atoms with Crippen molar-refractivity contribution in [2.75, 3.05) is 0 Å². The average Bonchev–Trinajstić information content (AvgIpc) is 2.59. The molecule has 1 N–H and O–H groups in total. The van der Waals surface area contributed by atoms with Crippen LogP contribution in [0.15, 0.2) is 47.6 Å². The molecule has 0 spiro atoms. The molecule has 1 heterocycles. The summed E-state index contributed by atoms with van der Waals surface area (Å²) in [6.45, 7) is 5.19. The topological polar surface area (TPSA) is 78.5 Å². The van der Waals surface area contributed by atoms with Crippen molar-refractivity contribution in [1.82, 2.24) is 4.72 Å². The third-order valence-electron chi connectivity index (χ3n) is 3.82. The number of hydrogen-bond acceptors (Lipinski definition) is 5. The summed E-state index contributed by atoms with van der Waals surface area (Å²) < 4.78 is 60.4. The monoisotopic (exact) mass is 389 g/mol. The first-order chi connectivity index (χ1) is 11.6. The van der Waals surface area contributed by atoms with Gasteiger partial charge in [-0.05, 0) is 51.8 Å². The fourth-order valence-corrected chi connectivity index (χ4v) is 4.73. The summed E-state index contributed by atoms with van der Waals surface area (Å²) in [4.78, 5) is -0.109. The van der Waals surface area contributed by atoms with Crippen LogP contribution in [0, 0.1) is 0 Å². The fraction of sp³-hybridized carbons (Fsp3) is 0.529. The van der Waals surface area contributed by atoms with Crippen molar-refractivity contribution in [2.24, 2.45) is 0 Å². The molecule has 0 aromatic heterocycles. The van der Waals surface area contributed by atoms with E-state index in [9.17, 15) is 13.0 Å². The molecule has 0 amide bonds. The number of ether oxygens (including phenoxy) is 1. The Balaban J connectivity index is 2.32. The maximum atomic E-state index is 15.2. The zero-order chi connectivity index (χ0) is 18.7. The zero-order valence-corrected chi connectivity index (χ0v) is 16.1. The van der Waals surface area contributed by atoms with Crippen LogP contribution in [-0.4, -0.2) is 35.4 Å². The summed E-state index contributed by atoms with van der Waals surface area (Å²) in [5.41, 5.74) is -2.28. The van der Waals surface area contributed by atoms with E-state index in [1.165, 1.54) is 30.5 Å². The van der Waals surface area contributed by atoms with Crippen molar-refractivity contribution in [3.8, 4) is 0 Å². The zero-order valence-electron chi connectivity index (χ0n) is 14.5. The number of allylic oxidation sites excluding steroid dienone is 1. The van der Waals surface area contributed by atoms with E-state index in [-0.39, 0.29) is 4.90 Å². The van der Waals surface area contributed by atoms with Crippen molar-refractivity contribution in [1.29, 1.82) is 0 Å². The number of rotatable bonds is 6. The van der Waals surface area contributed by atoms with Crippen LogP contribution in [0.2, 0.25) is 0 Å². The van der Waals surface area contributed by atoms with Crippen LogP contribution < -0.4 is 4.72 Å². The third-order valence-corrected chi connectivity index (χ3v) is 7.23. The summed E-state index contributed by atoms with van der Waals surface area (Å²) in [5, 5.41) is 0. The summed E-state index contributed by atoms with van der Waals surface area (Å²) in [5.74, 6) is 0. The van der Waals surface area contributed by atoms with Crippen molar-refractivity contribution >= 4 is 21.2 Å². The number of benzene rings is 1. The van der Waals surface area contributed by atoms with Gasteiger partial charge in [-0.2, -0.15) is 0 Å². The molecular weight excluding hydrogens is 365 g/mol. The van der Waals surface area contributed by atoms with E-state index in [2.05, 4.69) is 4.72 Å². The summed E-state index contributed by atoms with van der Waals surface area (Å²) in [7, 11) is -4.25. The maximum absolute atomic E-state index is 15.2. The van der Waals surface area contributed by atoms with Gasteiger partial charge < -0.3 is 9.29 Å². The molecular formula is C17H24FNO4S2. The smallest absolute Gasteiger partial charge is 0.228 e. The Morgan fingerprint density at radius 1 is 1.32 bits per heavy atom. The van der Waals surface area contributed by atoms with Gasteiger partial charge in [0.15, 0.2) is 0 Å². The Hall–Kier alpha value is -1.09. The van der Waals surface area contributed by atoms with Crippen molar-refractivity contribution in [3.63, 3.8) is 0 Å². The number of alkyl halides is 1. The molecule has 0 bridgehead atoms. The predicted molar refractivity (Wildman–Crippen MR) is 96.6 cm³/mol. The van der Waals surface area contributed by atoms with Crippen molar-refractivity contribution in [2.45, 2.75) is 60.9 Å². The molecule has 140 valence electrons. The normalized spacial score (nSPS) is 22.0. The Morgan fingerprint density at radius 2 is 1.96 bits per heavy atom. The van der Waals surface area contributed by atoms with Crippen LogP contribution in [-0.2, 0) is 25.9 Å². The minimum absolute atomic E-state index is 0.109. The highest BCUT2D eigenvalue weighted by Crippen LogP contribution is 2.27. The SMILES string of the molecule is CC(C)(C)[S+]([O-])N[C@@H](C1CCC=CO1)[C@@H](F)S(=O)(=O)c1ccccc1. The van der Waals surface area contributed by atoms with Gasteiger partial charge in [-0.1, -0.05) is 18.2 Å². The van der Waals surface area contributed by atoms with Gasteiger partial charge in [-0.25, -0.2) is 12.8 Å². The Kier molecular flexibility index (Phi) is 6.53. The number of nitrogens with one attached hydrogen (secondary N) is 1. The number of halogens is 1. The summed E-state index contributed by atoms with van der Waals surface area (Å²) in [6, 6.07) is 6.19. The molecule has 4 atom stereocenters. The Labute approximate surface area is 151 Å². The molecule has 1 aromatic rings. The first-order valence-corrected chi connectivity index (χ1v) is 10.7. The van der Waals surface area contributed by atoms with Gasteiger partial charge in [0.1, 0.15) is 16.9 Å². The molecule has 1 aromatic carbocycles. The second kappa shape index (κ2) is 8.07. The van der Waals surface area contributed by atoms with Crippen LogP contribution in [0.4, 0.5) is 4.39 Å². The van der Waals surface area contributed by atoms with E-state index in [4.69, 9.17) is 4.74 Å². The van der Waals surface area contributed by atoms with E-state index in [1.807, 2.05) is 0 Å². The van der Waals surface area contributed by atoms with Crippen LogP contribution in [0.5, 0.6) is 0 Å². The first-order valence-electron chi connectivity index (χ1n) is 8.05. The number of sulfone groups is 1. The summed E-state index contributed by atoms with van der Waals surface area (Å²) >= 11 is -1.64. The third kappa shape index (κ3) is 4.97. The second-order valence-corrected chi connectivity index (χ2v) is 10.9. The molecule has 8 heteroatoms. The van der Waals surface area contributed by atoms with Gasteiger partial charge in [0.05, 0.1) is 11.2 Å². The van der Waals surface area contributed by atoms with Gasteiger partial charge in [0.25, 0.3) is 0 Å². The van der Waals surface area contributed by atoms with Gasteiger partial charge in [0.2, 0.25) is 15.3 Å². The maximum Gasteiger partial charge on any atom is 0.228 e. The standard InChI is InChI=1S/C17H24FNO4S2/c1-17(2,3)24(20)19-15(14-11-7-8-12-23-14)16(18)25(21,22)13-9-5-4-6-10-13/h4-6,8-10,12,14-16,19H,7,11H2,1-3H3/t14?,15-,16-,24?/m0/s1. The fourth-order valence-electron chi connectivity index (χ4n) is 2.35. The quantitative estimate of drug-likeness (QED) is 0.757. The van der Waals surface area contributed by atoms with Gasteiger partial charge in [-0.15, -0.1) is 4.72 Å². The lowest BCUT2D eigenvalue weighted by Gasteiger charge is -2.33. The van der Waals surface area contributed by atoms with Crippen LogP contribution >= 0.6 is 0 Å². The van der Waals surface area contributed by atoms with E-state index >= 15 is 4.39 Å². The summed E-state index contributed by atoms with van der Waals surface area (Å²) in [6.07, 6.45) is 3.59. The molecule has 2 unspecified atom stereocenters. The minimum atomic E-state index is -4.25. The lowest BCUT2D eigenvalue weighted by Crippen LogP contribution is -2.55. The van der Waals surface area contributed by atoms with Crippen molar-refractivity contribution < 1.29 is 22.1 Å². The second-order valence-electron chi connectivity index (χ2n) is 6.86. The highest BCUT2D eigenvalue weighted by atomic mass is 32.2. The highest BCUT2D eigenvalue weighted by Gasteiger charge is 2.44. The van der Waals surface area contributed by atoms with Crippen LogP contribution in [0.1, 0.15) is 33.6 Å². The van der Waals surface area contributed by atoms with Crippen molar-refractivity contribution in [3.05, 3.63) is 42.7 Å². The Morgan fingerprint density at radius 3 is 2.48 bits per heavy atom. The van der Waals surface area contributed by atoms with E-state index in [1.54, 1.807) is 32.9 Å². The molecule has 5 nitrogen and oxygen atoms in total. The Bertz CT molecular complexity index is 688. The van der Waals surface area contributed by atoms with Crippen LogP contribution in [0.3, 0.4) is 0 Å². The van der Waals surface area contributed by atoms with E-state index < -0.39 is 43.6 Å². The molecule has 0 radical (unpaired) electrons. The molecule has 1 aliphatic rings. The lowest BCUT2D eigenvalue weighted by atomic mass is 10.1. The largest absolute Gasteiger partial charge is 0.598 e.